The third-order valence-electron chi connectivity index (χ3n) is 3.72. The van der Waals surface area contributed by atoms with Crippen LogP contribution >= 0.6 is 27.3 Å². The minimum Gasteiger partial charge on any atom is -0.494 e. The Morgan fingerprint density at radius 3 is 2.56 bits per heavy atom. The Balaban J connectivity index is 1.82. The normalized spacial score (nSPS) is 11.9. The number of rotatable bonds is 6. The van der Waals surface area contributed by atoms with Gasteiger partial charge in [0.2, 0.25) is 0 Å². The summed E-state index contributed by atoms with van der Waals surface area (Å²) in [5.41, 5.74) is 3.47. The van der Waals surface area contributed by atoms with E-state index in [4.69, 9.17) is 4.74 Å². The zero-order valence-electron chi connectivity index (χ0n) is 14.7. The summed E-state index contributed by atoms with van der Waals surface area (Å²) in [5.74, 6) is 0.846. The largest absolute Gasteiger partial charge is 0.494 e. The SMILES string of the molecule is CCOc1ccc(-c2csc(/C=C(C#N)/C(Br)=C/c3ccccc3)n2)cc1. The molecular formula is C22H17BrN2OS. The van der Waals surface area contributed by atoms with Gasteiger partial charge in [0.25, 0.3) is 0 Å². The van der Waals surface area contributed by atoms with Gasteiger partial charge in [-0.05, 0) is 64.8 Å². The van der Waals surface area contributed by atoms with E-state index < -0.39 is 0 Å². The first kappa shape index (κ1) is 19.1. The lowest BCUT2D eigenvalue weighted by Crippen LogP contribution is -1.90. The number of thiazole rings is 1. The molecule has 0 N–H and O–H groups in total. The van der Waals surface area contributed by atoms with Crippen molar-refractivity contribution in [2.75, 3.05) is 6.61 Å². The van der Waals surface area contributed by atoms with Crippen LogP contribution in [0.25, 0.3) is 23.4 Å². The number of nitriles is 1. The van der Waals surface area contributed by atoms with Crippen LogP contribution in [-0.4, -0.2) is 11.6 Å². The number of hydrogen-bond donors (Lipinski definition) is 0. The molecule has 0 aliphatic carbocycles. The molecule has 0 atom stereocenters. The van der Waals surface area contributed by atoms with E-state index in [2.05, 4.69) is 27.0 Å². The zero-order valence-corrected chi connectivity index (χ0v) is 17.1. The number of aromatic nitrogens is 1. The predicted octanol–water partition coefficient (Wildman–Crippen LogP) is 6.55. The number of allylic oxidation sites excluding steroid dienone is 2. The first-order valence-corrected chi connectivity index (χ1v) is 10.1. The fraction of sp³-hybridized carbons (Fsp3) is 0.0909. The monoisotopic (exact) mass is 436 g/mol. The van der Waals surface area contributed by atoms with Gasteiger partial charge in [0.15, 0.2) is 0 Å². The fourth-order valence-corrected chi connectivity index (χ4v) is 3.65. The summed E-state index contributed by atoms with van der Waals surface area (Å²) in [6, 6.07) is 20.0. The van der Waals surface area contributed by atoms with E-state index in [-0.39, 0.29) is 0 Å². The van der Waals surface area contributed by atoms with Gasteiger partial charge in [-0.15, -0.1) is 11.3 Å². The number of benzene rings is 2. The summed E-state index contributed by atoms with van der Waals surface area (Å²) in [7, 11) is 0. The Kier molecular flexibility index (Phi) is 6.59. The molecule has 0 aliphatic rings. The Hall–Kier alpha value is -2.68. The standard InChI is InChI=1S/C22H17BrN2OS/c1-2-26-19-10-8-17(9-11-19)21-15-27-22(25-21)13-18(14-24)20(23)12-16-6-4-3-5-7-16/h3-13,15H,2H2,1H3/b18-13+,20-12-. The van der Waals surface area contributed by atoms with Crippen LogP contribution < -0.4 is 4.74 Å². The first-order valence-electron chi connectivity index (χ1n) is 8.42. The first-order chi connectivity index (χ1) is 13.2. The average molecular weight is 437 g/mol. The molecule has 1 aromatic heterocycles. The van der Waals surface area contributed by atoms with Gasteiger partial charge in [0.1, 0.15) is 16.8 Å². The summed E-state index contributed by atoms with van der Waals surface area (Å²) in [4.78, 5) is 4.64. The molecule has 1 heterocycles. The minimum atomic E-state index is 0.534. The molecule has 0 saturated carbocycles. The van der Waals surface area contributed by atoms with Gasteiger partial charge in [-0.2, -0.15) is 5.26 Å². The number of ether oxygens (including phenoxy) is 1. The lowest BCUT2D eigenvalue weighted by atomic mass is 10.1. The Morgan fingerprint density at radius 2 is 1.89 bits per heavy atom. The number of hydrogen-bond acceptors (Lipinski definition) is 4. The van der Waals surface area contributed by atoms with Crippen LogP contribution in [0.1, 0.15) is 17.5 Å². The highest BCUT2D eigenvalue weighted by molar-refractivity contribution is 9.12. The van der Waals surface area contributed by atoms with E-state index >= 15 is 0 Å². The number of nitrogens with zero attached hydrogens (tertiary/aromatic N) is 2. The summed E-state index contributed by atoms with van der Waals surface area (Å²) in [6.07, 6.45) is 3.72. The summed E-state index contributed by atoms with van der Waals surface area (Å²) >= 11 is 5.01. The second-order valence-corrected chi connectivity index (χ2v) is 7.35. The van der Waals surface area contributed by atoms with Crippen molar-refractivity contribution in [2.45, 2.75) is 6.92 Å². The second-order valence-electron chi connectivity index (χ2n) is 5.60. The van der Waals surface area contributed by atoms with Crippen LogP contribution in [0.4, 0.5) is 0 Å². The lowest BCUT2D eigenvalue weighted by molar-refractivity contribution is 0.340. The molecule has 2 aromatic carbocycles. The molecule has 0 bridgehead atoms. The van der Waals surface area contributed by atoms with Crippen LogP contribution in [-0.2, 0) is 0 Å². The van der Waals surface area contributed by atoms with E-state index in [1.807, 2.05) is 73.0 Å². The van der Waals surface area contributed by atoms with Crippen molar-refractivity contribution in [1.82, 2.24) is 4.98 Å². The van der Waals surface area contributed by atoms with E-state index in [0.717, 1.165) is 32.1 Å². The molecule has 27 heavy (non-hydrogen) atoms. The van der Waals surface area contributed by atoms with Gasteiger partial charge < -0.3 is 4.74 Å². The number of halogens is 1. The molecule has 0 fully saturated rings. The van der Waals surface area contributed by atoms with Gasteiger partial charge >= 0.3 is 0 Å². The molecule has 3 nitrogen and oxygen atoms in total. The fourth-order valence-electron chi connectivity index (χ4n) is 2.43. The van der Waals surface area contributed by atoms with Gasteiger partial charge in [-0.3, -0.25) is 0 Å². The van der Waals surface area contributed by atoms with Crippen LogP contribution in [0.3, 0.4) is 0 Å². The van der Waals surface area contributed by atoms with E-state index in [1.165, 1.54) is 11.3 Å². The van der Waals surface area contributed by atoms with Crippen molar-refractivity contribution < 1.29 is 4.74 Å². The Labute approximate surface area is 171 Å². The highest BCUT2D eigenvalue weighted by Gasteiger charge is 2.07. The maximum absolute atomic E-state index is 9.51. The summed E-state index contributed by atoms with van der Waals surface area (Å²) in [5, 5.41) is 12.3. The molecule has 0 unspecified atom stereocenters. The van der Waals surface area contributed by atoms with Gasteiger partial charge in [-0.1, -0.05) is 30.3 Å². The van der Waals surface area contributed by atoms with Crippen LogP contribution in [0, 0.1) is 11.3 Å². The molecule has 0 amide bonds. The third-order valence-corrected chi connectivity index (χ3v) is 5.17. The smallest absolute Gasteiger partial charge is 0.119 e. The zero-order chi connectivity index (χ0) is 19.1. The minimum absolute atomic E-state index is 0.534. The van der Waals surface area contributed by atoms with Crippen molar-refractivity contribution in [1.29, 1.82) is 5.26 Å². The van der Waals surface area contributed by atoms with E-state index in [1.54, 1.807) is 6.08 Å². The van der Waals surface area contributed by atoms with Gasteiger partial charge in [0, 0.05) is 15.4 Å². The summed E-state index contributed by atoms with van der Waals surface area (Å²) < 4.78 is 6.20. The second kappa shape index (κ2) is 9.31. The maximum atomic E-state index is 9.51. The molecule has 0 spiro atoms. The molecule has 0 radical (unpaired) electrons. The molecule has 0 saturated heterocycles. The molecule has 0 aliphatic heterocycles. The van der Waals surface area contributed by atoms with Crippen molar-refractivity contribution in [3.63, 3.8) is 0 Å². The van der Waals surface area contributed by atoms with Crippen molar-refractivity contribution in [2.24, 2.45) is 0 Å². The Bertz CT molecular complexity index is 999. The lowest BCUT2D eigenvalue weighted by Gasteiger charge is -2.03. The van der Waals surface area contributed by atoms with Crippen molar-refractivity contribution in [3.05, 3.63) is 80.6 Å². The quantitative estimate of drug-likeness (QED) is 0.324. The van der Waals surface area contributed by atoms with Crippen molar-refractivity contribution in [3.8, 4) is 23.1 Å². The van der Waals surface area contributed by atoms with Gasteiger partial charge in [-0.25, -0.2) is 4.98 Å². The summed E-state index contributed by atoms with van der Waals surface area (Å²) in [6.45, 7) is 2.61. The van der Waals surface area contributed by atoms with E-state index in [9.17, 15) is 5.26 Å². The molecule has 3 rings (SSSR count). The highest BCUT2D eigenvalue weighted by Crippen LogP contribution is 2.27. The van der Waals surface area contributed by atoms with E-state index in [0.29, 0.717) is 12.2 Å². The van der Waals surface area contributed by atoms with Crippen LogP contribution in [0.2, 0.25) is 0 Å². The molecule has 3 aromatic rings. The molecule has 134 valence electrons. The maximum Gasteiger partial charge on any atom is 0.119 e. The topological polar surface area (TPSA) is 45.9 Å². The molecular weight excluding hydrogens is 420 g/mol. The third kappa shape index (κ3) is 5.16. The Morgan fingerprint density at radius 1 is 1.15 bits per heavy atom. The van der Waals surface area contributed by atoms with Crippen molar-refractivity contribution >= 4 is 39.4 Å². The van der Waals surface area contributed by atoms with Crippen LogP contribution in [0.15, 0.2) is 70.0 Å². The average Bonchev–Trinajstić information content (AvgIpc) is 3.16. The van der Waals surface area contributed by atoms with Gasteiger partial charge in [0.05, 0.1) is 17.9 Å². The molecule has 5 heteroatoms. The predicted molar refractivity (Wildman–Crippen MR) is 116 cm³/mol. The van der Waals surface area contributed by atoms with Crippen LogP contribution in [0.5, 0.6) is 5.75 Å². The highest BCUT2D eigenvalue weighted by atomic mass is 79.9.